The van der Waals surface area contributed by atoms with Gasteiger partial charge in [-0.2, -0.15) is 57.1 Å². The van der Waals surface area contributed by atoms with Crippen LogP contribution in [0.15, 0.2) is 0 Å². The van der Waals surface area contributed by atoms with E-state index in [0.29, 0.717) is 0 Å². The minimum Gasteiger partial charge on any atom is -0.465 e. The lowest BCUT2D eigenvalue weighted by Gasteiger charge is -2.39. The lowest BCUT2D eigenvalue weighted by molar-refractivity contribution is -0.440. The van der Waals surface area contributed by atoms with Crippen LogP contribution >= 0.6 is 0 Å². The van der Waals surface area contributed by atoms with Crippen LogP contribution in [0.5, 0.6) is 0 Å². The molecule has 0 saturated heterocycles. The lowest BCUT2D eigenvalue weighted by atomic mass is 9.77. The maximum Gasteiger partial charge on any atom is 0.460 e. The second-order valence-corrected chi connectivity index (χ2v) is 7.31. The number of hydrogen-bond acceptors (Lipinski definition) is 2. The van der Waals surface area contributed by atoms with Gasteiger partial charge in [-0.05, 0) is 19.3 Å². The highest BCUT2D eigenvalue weighted by Crippen LogP contribution is 2.60. The van der Waals surface area contributed by atoms with E-state index in [1.807, 2.05) is 0 Å². The van der Waals surface area contributed by atoms with E-state index in [-0.39, 0.29) is 6.42 Å². The summed E-state index contributed by atoms with van der Waals surface area (Å²) in [4.78, 5) is 11.9. The Kier molecular flexibility index (Phi) is 8.09. The summed E-state index contributed by atoms with van der Waals surface area (Å²) in [5, 5.41) is 0. The van der Waals surface area contributed by atoms with E-state index in [1.54, 1.807) is 0 Å². The fraction of sp³-hybridized carbons (Fsp3) is 0.938. The number of carbonyl (C=O) groups is 1. The van der Waals surface area contributed by atoms with Gasteiger partial charge in [0.15, 0.2) is 0 Å². The smallest absolute Gasteiger partial charge is 0.460 e. The zero-order valence-corrected chi connectivity index (χ0v) is 16.4. The van der Waals surface area contributed by atoms with Gasteiger partial charge < -0.3 is 4.74 Å². The van der Waals surface area contributed by atoms with Crippen LogP contribution in [0.3, 0.4) is 0 Å². The maximum atomic E-state index is 13.6. The molecule has 0 aliphatic heterocycles. The molecule has 31 heavy (non-hydrogen) atoms. The molecule has 0 bridgehead atoms. The summed E-state index contributed by atoms with van der Waals surface area (Å²) in [6.07, 6.45) is -9.96. The number of ether oxygens (including phenoxy) is 1. The molecule has 0 fully saturated rings. The topological polar surface area (TPSA) is 26.3 Å². The molecule has 0 rings (SSSR count). The average Bonchev–Trinajstić information content (AvgIpc) is 2.58. The molecular formula is C16H19F13O2. The van der Waals surface area contributed by atoms with E-state index in [1.165, 1.54) is 27.7 Å². The first-order chi connectivity index (χ1) is 13.4. The SMILES string of the molecule is CCC(C)(C(=O)OCCC(F)(F)C(F)(F)C(F)(F)C(F)(F)C(F)(F)C(F)(F)F)C(C)C. The normalized spacial score (nSPS) is 17.0. The number of carbonyl (C=O) groups excluding carboxylic acids is 1. The van der Waals surface area contributed by atoms with Crippen molar-refractivity contribution in [3.05, 3.63) is 0 Å². The summed E-state index contributed by atoms with van der Waals surface area (Å²) in [6, 6.07) is 0. The number of hydrogen-bond donors (Lipinski definition) is 0. The van der Waals surface area contributed by atoms with Crippen LogP contribution in [0.25, 0.3) is 0 Å². The number of esters is 1. The zero-order valence-electron chi connectivity index (χ0n) is 16.4. The Morgan fingerprint density at radius 3 is 1.45 bits per heavy atom. The molecule has 2 nitrogen and oxygen atoms in total. The fourth-order valence-electron chi connectivity index (χ4n) is 2.18. The molecule has 0 heterocycles. The first-order valence-electron chi connectivity index (χ1n) is 8.51. The molecule has 0 aromatic heterocycles. The van der Waals surface area contributed by atoms with Crippen LogP contribution in [0.4, 0.5) is 57.1 Å². The van der Waals surface area contributed by atoms with E-state index in [0.717, 1.165) is 0 Å². The number of alkyl halides is 13. The molecule has 1 atom stereocenters. The highest BCUT2D eigenvalue weighted by molar-refractivity contribution is 5.76. The summed E-state index contributed by atoms with van der Waals surface area (Å²) in [5.74, 6) is -38.9. The maximum absolute atomic E-state index is 13.6. The van der Waals surface area contributed by atoms with Gasteiger partial charge in [0.25, 0.3) is 0 Å². The van der Waals surface area contributed by atoms with Crippen LogP contribution in [0, 0.1) is 11.3 Å². The Labute approximate surface area is 168 Å². The van der Waals surface area contributed by atoms with Crippen molar-refractivity contribution in [1.29, 1.82) is 0 Å². The minimum atomic E-state index is -7.94. The van der Waals surface area contributed by atoms with E-state index < -0.39 is 66.1 Å². The lowest BCUT2D eigenvalue weighted by Crippen LogP contribution is -2.70. The van der Waals surface area contributed by atoms with Crippen LogP contribution in [0.1, 0.15) is 40.5 Å². The Balaban J connectivity index is 5.77. The summed E-state index contributed by atoms with van der Waals surface area (Å²) in [5.41, 5.74) is -1.33. The highest BCUT2D eigenvalue weighted by atomic mass is 19.4. The van der Waals surface area contributed by atoms with Crippen LogP contribution in [-0.4, -0.2) is 48.4 Å². The molecule has 0 aliphatic carbocycles. The Hall–Kier alpha value is -1.44. The van der Waals surface area contributed by atoms with E-state index >= 15 is 0 Å². The minimum absolute atomic E-state index is 0.0624. The Bertz CT molecular complexity index is 640. The van der Waals surface area contributed by atoms with Gasteiger partial charge in [-0.25, -0.2) is 0 Å². The Morgan fingerprint density at radius 2 is 1.13 bits per heavy atom. The third kappa shape index (κ3) is 4.69. The second-order valence-electron chi connectivity index (χ2n) is 7.31. The summed E-state index contributed by atoms with van der Waals surface area (Å²) in [7, 11) is 0. The Morgan fingerprint density at radius 1 is 0.742 bits per heavy atom. The third-order valence-electron chi connectivity index (χ3n) is 5.12. The summed E-state index contributed by atoms with van der Waals surface area (Å²) in [6.45, 7) is 4.02. The van der Waals surface area contributed by atoms with Crippen molar-refractivity contribution in [2.45, 2.75) is 76.3 Å². The van der Waals surface area contributed by atoms with Gasteiger partial charge in [0.05, 0.1) is 18.4 Å². The van der Waals surface area contributed by atoms with Gasteiger partial charge in [-0.15, -0.1) is 0 Å². The molecule has 0 amide bonds. The summed E-state index contributed by atoms with van der Waals surface area (Å²) >= 11 is 0. The molecule has 0 aromatic carbocycles. The van der Waals surface area contributed by atoms with Crippen LogP contribution in [-0.2, 0) is 9.53 Å². The molecule has 0 N–H and O–H groups in total. The van der Waals surface area contributed by atoms with Gasteiger partial charge >= 0.3 is 41.8 Å². The fourth-order valence-corrected chi connectivity index (χ4v) is 2.18. The van der Waals surface area contributed by atoms with Gasteiger partial charge in [0.1, 0.15) is 0 Å². The quantitative estimate of drug-likeness (QED) is 0.251. The molecule has 1 unspecified atom stereocenters. The zero-order chi connectivity index (χ0) is 25.5. The molecule has 186 valence electrons. The van der Waals surface area contributed by atoms with Crippen LogP contribution in [0.2, 0.25) is 0 Å². The molecule has 0 saturated carbocycles. The predicted molar refractivity (Wildman–Crippen MR) is 79.6 cm³/mol. The molecule has 0 spiro atoms. The van der Waals surface area contributed by atoms with Gasteiger partial charge in [-0.1, -0.05) is 20.8 Å². The number of halogens is 13. The van der Waals surface area contributed by atoms with E-state index in [9.17, 15) is 61.9 Å². The van der Waals surface area contributed by atoms with Gasteiger partial charge in [0, 0.05) is 0 Å². The first kappa shape index (κ1) is 29.6. The predicted octanol–water partition coefficient (Wildman–Crippen LogP) is 6.73. The van der Waals surface area contributed by atoms with E-state index in [2.05, 4.69) is 4.74 Å². The highest BCUT2D eigenvalue weighted by Gasteiger charge is 2.90. The molecule has 0 radical (unpaired) electrons. The standard InChI is InChI=1S/C16H19F13O2/c1-5-10(4,8(2)3)9(30)31-7-6-11(17,18)12(19,20)13(21,22)14(23,24)15(25,26)16(27,28)29/h8H,5-7H2,1-4H3. The van der Waals surface area contributed by atoms with Crippen molar-refractivity contribution in [3.8, 4) is 0 Å². The third-order valence-corrected chi connectivity index (χ3v) is 5.12. The molecule has 0 aliphatic rings. The summed E-state index contributed by atoms with van der Waals surface area (Å²) < 4.78 is 173. The van der Waals surface area contributed by atoms with Crippen LogP contribution < -0.4 is 0 Å². The van der Waals surface area contributed by atoms with Crippen molar-refractivity contribution in [2.75, 3.05) is 6.61 Å². The van der Waals surface area contributed by atoms with Crippen molar-refractivity contribution in [1.82, 2.24) is 0 Å². The second kappa shape index (κ2) is 8.49. The van der Waals surface area contributed by atoms with E-state index in [4.69, 9.17) is 0 Å². The van der Waals surface area contributed by atoms with Crippen molar-refractivity contribution >= 4 is 5.97 Å². The largest absolute Gasteiger partial charge is 0.465 e. The van der Waals surface area contributed by atoms with Gasteiger partial charge in [-0.3, -0.25) is 4.79 Å². The molecular weight excluding hydrogens is 471 g/mol. The molecule has 0 aromatic rings. The van der Waals surface area contributed by atoms with Crippen molar-refractivity contribution in [3.63, 3.8) is 0 Å². The monoisotopic (exact) mass is 490 g/mol. The molecule has 15 heteroatoms. The van der Waals surface area contributed by atoms with Gasteiger partial charge in [0.2, 0.25) is 0 Å². The van der Waals surface area contributed by atoms with Crippen molar-refractivity contribution in [2.24, 2.45) is 11.3 Å². The number of rotatable bonds is 10. The average molecular weight is 490 g/mol. The first-order valence-corrected chi connectivity index (χ1v) is 8.51. The van der Waals surface area contributed by atoms with Crippen molar-refractivity contribution < 1.29 is 66.6 Å².